The molecule has 0 radical (unpaired) electrons. The molecule has 1 saturated heterocycles. The maximum atomic E-state index is 12.3. The van der Waals surface area contributed by atoms with Gasteiger partial charge in [-0.3, -0.25) is 9.59 Å². The van der Waals surface area contributed by atoms with Crippen LogP contribution >= 0.6 is 0 Å². The maximum Gasteiger partial charge on any atom is 0.309 e. The lowest BCUT2D eigenvalue weighted by Gasteiger charge is -2.39. The number of aliphatic hydroxyl groups excluding tert-OH is 1. The quantitative estimate of drug-likeness (QED) is 0.435. The van der Waals surface area contributed by atoms with Crippen LogP contribution < -0.4 is 0 Å². The first-order valence-corrected chi connectivity index (χ1v) is 10.2. The summed E-state index contributed by atoms with van der Waals surface area (Å²) in [5, 5.41) is 10.2. The fraction of sp³-hybridized carbons (Fsp3) is 0.727. The van der Waals surface area contributed by atoms with E-state index in [9.17, 15) is 14.7 Å². The van der Waals surface area contributed by atoms with Crippen molar-refractivity contribution in [2.45, 2.75) is 85.4 Å². The number of carbonyl (C=O) groups excluding carboxylic acids is 2. The van der Waals surface area contributed by atoms with Crippen LogP contribution in [0.3, 0.4) is 0 Å². The van der Waals surface area contributed by atoms with Crippen molar-refractivity contribution in [1.82, 2.24) is 0 Å². The van der Waals surface area contributed by atoms with E-state index < -0.39 is 36.5 Å². The summed E-state index contributed by atoms with van der Waals surface area (Å²) >= 11 is 0. The Hall–Kier alpha value is -1.70. The van der Waals surface area contributed by atoms with E-state index in [0.717, 1.165) is 12.8 Å². The minimum atomic E-state index is -1.10. The third-order valence-corrected chi connectivity index (χ3v) is 4.76. The molecule has 1 fully saturated rings. The fourth-order valence-electron chi connectivity index (χ4n) is 2.75. The normalized spacial score (nSPS) is 25.8. The molecule has 0 bridgehead atoms. The van der Waals surface area contributed by atoms with Crippen LogP contribution in [0.2, 0.25) is 0 Å². The average molecular weight is 413 g/mol. The molecule has 29 heavy (non-hydrogen) atoms. The summed E-state index contributed by atoms with van der Waals surface area (Å²) in [5.74, 6) is -1.35. The van der Waals surface area contributed by atoms with Gasteiger partial charge in [-0.15, -0.1) is 0 Å². The maximum absolute atomic E-state index is 12.3. The standard InChI is InChI=1S/C22H36O7/c1-7-16(5)21(25)29-20-19(28-17(6)23)18(24)13-27-22(20)26-12-11-15(4)10-8-9-14(2)3/h9,11,16,18-20,22,24H,7-8,10,12-13H2,1-6H3/b15-11+/t16-,18-,19+,20-,22-/m1/s1. The van der Waals surface area contributed by atoms with Crippen molar-refractivity contribution in [2.75, 3.05) is 13.2 Å². The molecule has 0 aromatic heterocycles. The van der Waals surface area contributed by atoms with Crippen molar-refractivity contribution in [1.29, 1.82) is 0 Å². The third-order valence-electron chi connectivity index (χ3n) is 4.76. The van der Waals surface area contributed by atoms with Gasteiger partial charge in [-0.1, -0.05) is 37.1 Å². The monoisotopic (exact) mass is 412 g/mol. The summed E-state index contributed by atoms with van der Waals surface area (Å²) in [5.41, 5.74) is 2.45. The first-order valence-electron chi connectivity index (χ1n) is 10.2. The van der Waals surface area contributed by atoms with Crippen LogP contribution in [-0.2, 0) is 28.5 Å². The first-order chi connectivity index (χ1) is 13.6. The van der Waals surface area contributed by atoms with Crippen molar-refractivity contribution >= 4 is 11.9 Å². The van der Waals surface area contributed by atoms with Gasteiger partial charge in [-0.05, 0) is 40.0 Å². The Bertz CT molecular complexity index is 592. The van der Waals surface area contributed by atoms with E-state index in [1.807, 2.05) is 19.9 Å². The van der Waals surface area contributed by atoms with E-state index >= 15 is 0 Å². The predicted molar refractivity (Wildman–Crippen MR) is 109 cm³/mol. The van der Waals surface area contributed by atoms with Crippen LogP contribution in [0, 0.1) is 5.92 Å². The van der Waals surface area contributed by atoms with Gasteiger partial charge < -0.3 is 24.1 Å². The second-order valence-electron chi connectivity index (χ2n) is 7.76. The molecule has 1 heterocycles. The zero-order valence-electron chi connectivity index (χ0n) is 18.5. The van der Waals surface area contributed by atoms with Crippen LogP contribution in [0.25, 0.3) is 0 Å². The van der Waals surface area contributed by atoms with Crippen LogP contribution in [0.5, 0.6) is 0 Å². The molecule has 7 nitrogen and oxygen atoms in total. The lowest BCUT2D eigenvalue weighted by atomic mass is 10.0. The average Bonchev–Trinajstić information content (AvgIpc) is 2.64. The molecular weight excluding hydrogens is 376 g/mol. The van der Waals surface area contributed by atoms with Gasteiger partial charge in [0.05, 0.1) is 19.1 Å². The SMILES string of the molecule is CC[C@@H](C)C(=O)O[C@H]1[C@H](OC/C=C(\C)CCC=C(C)C)OC[C@@H](O)[C@@H]1OC(C)=O. The van der Waals surface area contributed by atoms with Gasteiger partial charge in [0.1, 0.15) is 6.10 Å². The molecule has 0 spiro atoms. The Morgan fingerprint density at radius 3 is 2.41 bits per heavy atom. The van der Waals surface area contributed by atoms with E-state index in [2.05, 4.69) is 19.9 Å². The molecule has 7 heteroatoms. The summed E-state index contributed by atoms with van der Waals surface area (Å²) < 4.78 is 22.1. The number of rotatable bonds is 10. The zero-order valence-corrected chi connectivity index (χ0v) is 18.5. The van der Waals surface area contributed by atoms with E-state index in [1.165, 1.54) is 18.1 Å². The number of esters is 2. The molecule has 166 valence electrons. The molecule has 0 saturated carbocycles. The minimum Gasteiger partial charge on any atom is -0.455 e. The molecule has 0 aliphatic carbocycles. The minimum absolute atomic E-state index is 0.0801. The number of hydrogen-bond donors (Lipinski definition) is 1. The molecular formula is C22H36O7. The van der Waals surface area contributed by atoms with E-state index in [-0.39, 0.29) is 19.1 Å². The van der Waals surface area contributed by atoms with Gasteiger partial charge in [0.2, 0.25) is 0 Å². The lowest BCUT2D eigenvalue weighted by molar-refractivity contribution is -0.277. The van der Waals surface area contributed by atoms with E-state index in [4.69, 9.17) is 18.9 Å². The van der Waals surface area contributed by atoms with Crippen LogP contribution in [0.15, 0.2) is 23.3 Å². The van der Waals surface area contributed by atoms with Crippen molar-refractivity contribution in [3.05, 3.63) is 23.3 Å². The van der Waals surface area contributed by atoms with E-state index in [0.29, 0.717) is 6.42 Å². The Morgan fingerprint density at radius 2 is 1.83 bits per heavy atom. The Morgan fingerprint density at radius 1 is 1.14 bits per heavy atom. The van der Waals surface area contributed by atoms with E-state index in [1.54, 1.807) is 6.92 Å². The van der Waals surface area contributed by atoms with Crippen LogP contribution in [0.1, 0.15) is 60.8 Å². The topological polar surface area (TPSA) is 91.3 Å². The van der Waals surface area contributed by atoms with Crippen molar-refractivity contribution in [2.24, 2.45) is 5.92 Å². The Kier molecular flexibility index (Phi) is 11.2. The molecule has 0 amide bonds. The lowest BCUT2D eigenvalue weighted by Crippen LogP contribution is -2.57. The Labute approximate surface area is 174 Å². The summed E-state index contributed by atoms with van der Waals surface area (Å²) in [7, 11) is 0. The van der Waals surface area contributed by atoms with Gasteiger partial charge in [-0.2, -0.15) is 0 Å². The highest BCUT2D eigenvalue weighted by atomic mass is 16.7. The van der Waals surface area contributed by atoms with Crippen LogP contribution in [-0.4, -0.2) is 54.9 Å². The Balaban J connectivity index is 2.81. The molecule has 0 unspecified atom stereocenters. The number of carbonyl (C=O) groups is 2. The highest BCUT2D eigenvalue weighted by Gasteiger charge is 2.45. The predicted octanol–water partition coefficient (Wildman–Crippen LogP) is 3.30. The molecule has 1 aliphatic heterocycles. The van der Waals surface area contributed by atoms with Crippen LogP contribution in [0.4, 0.5) is 0 Å². The molecule has 1 rings (SSSR count). The smallest absolute Gasteiger partial charge is 0.309 e. The van der Waals surface area contributed by atoms with Crippen molar-refractivity contribution in [3.63, 3.8) is 0 Å². The highest BCUT2D eigenvalue weighted by Crippen LogP contribution is 2.24. The highest BCUT2D eigenvalue weighted by molar-refractivity contribution is 5.72. The number of aliphatic hydroxyl groups is 1. The van der Waals surface area contributed by atoms with Gasteiger partial charge >= 0.3 is 11.9 Å². The third kappa shape index (κ3) is 9.10. The van der Waals surface area contributed by atoms with Gasteiger partial charge in [0.15, 0.2) is 18.5 Å². The molecule has 0 aromatic rings. The summed E-state index contributed by atoms with van der Waals surface area (Å²) in [6, 6.07) is 0. The van der Waals surface area contributed by atoms with Gasteiger partial charge in [0, 0.05) is 6.92 Å². The van der Waals surface area contributed by atoms with Crippen molar-refractivity contribution in [3.8, 4) is 0 Å². The molecule has 1 aliphatic rings. The van der Waals surface area contributed by atoms with Gasteiger partial charge in [-0.25, -0.2) is 0 Å². The fourth-order valence-corrected chi connectivity index (χ4v) is 2.75. The molecule has 1 N–H and O–H groups in total. The zero-order chi connectivity index (χ0) is 22.0. The first kappa shape index (κ1) is 25.3. The van der Waals surface area contributed by atoms with Gasteiger partial charge in [0.25, 0.3) is 0 Å². The second kappa shape index (κ2) is 12.8. The summed E-state index contributed by atoms with van der Waals surface area (Å²) in [4.78, 5) is 23.8. The summed E-state index contributed by atoms with van der Waals surface area (Å²) in [6.45, 7) is 11.2. The van der Waals surface area contributed by atoms with Crippen molar-refractivity contribution < 1.29 is 33.6 Å². The summed E-state index contributed by atoms with van der Waals surface area (Å²) in [6.07, 6.45) is 2.49. The second-order valence-corrected chi connectivity index (χ2v) is 7.76. The molecule has 5 atom stereocenters. The molecule has 0 aromatic carbocycles. The largest absolute Gasteiger partial charge is 0.455 e. The number of ether oxygens (including phenoxy) is 4. The number of hydrogen-bond acceptors (Lipinski definition) is 7. The number of allylic oxidation sites excluding steroid dienone is 3.